The molecule has 0 saturated carbocycles. The van der Waals surface area contributed by atoms with E-state index in [2.05, 4.69) is 6.07 Å². The van der Waals surface area contributed by atoms with Crippen LogP contribution in [0.3, 0.4) is 0 Å². The van der Waals surface area contributed by atoms with Crippen LogP contribution in [0.5, 0.6) is 5.75 Å². The summed E-state index contributed by atoms with van der Waals surface area (Å²) in [6.45, 7) is 0. The van der Waals surface area contributed by atoms with Crippen LogP contribution in [0.15, 0.2) is 109 Å². The number of para-hydroxylation sites is 2. The number of hydrogen-bond donors (Lipinski definition) is 0. The van der Waals surface area contributed by atoms with E-state index in [4.69, 9.17) is 9.51 Å². The van der Waals surface area contributed by atoms with Gasteiger partial charge in [-0.25, -0.2) is 4.98 Å². The summed E-state index contributed by atoms with van der Waals surface area (Å²) in [6, 6.07) is 34.5. The standard InChI is InChI=1S/C25H18NO2PS/c27-29(19-11-3-1-4-12-19,20-13-5-2-6-14-20)28-23-17-9-7-15-21(23)25-26-22-16-8-10-18-24(22)30-25/h1-18H. The van der Waals surface area contributed by atoms with E-state index < -0.39 is 7.37 Å². The van der Waals surface area contributed by atoms with Gasteiger partial charge in [-0.1, -0.05) is 60.7 Å². The highest BCUT2D eigenvalue weighted by molar-refractivity contribution is 7.74. The van der Waals surface area contributed by atoms with E-state index in [1.165, 1.54) is 0 Å². The number of aromatic nitrogens is 1. The number of benzene rings is 4. The van der Waals surface area contributed by atoms with E-state index in [0.717, 1.165) is 20.8 Å². The largest absolute Gasteiger partial charge is 0.436 e. The van der Waals surface area contributed by atoms with Gasteiger partial charge in [-0.3, -0.25) is 4.57 Å². The third kappa shape index (κ3) is 3.45. The lowest BCUT2D eigenvalue weighted by atomic mass is 10.2. The smallest absolute Gasteiger partial charge is 0.306 e. The maximum absolute atomic E-state index is 14.3. The van der Waals surface area contributed by atoms with Gasteiger partial charge in [-0.15, -0.1) is 11.3 Å². The average Bonchev–Trinajstić information content (AvgIpc) is 3.25. The summed E-state index contributed by atoms with van der Waals surface area (Å²) >= 11 is 1.60. The number of rotatable bonds is 5. The van der Waals surface area contributed by atoms with Gasteiger partial charge in [-0.05, 0) is 48.5 Å². The monoisotopic (exact) mass is 427 g/mol. The van der Waals surface area contributed by atoms with Gasteiger partial charge in [0.1, 0.15) is 10.8 Å². The third-order valence-corrected chi connectivity index (χ3v) is 8.31. The van der Waals surface area contributed by atoms with Crippen molar-refractivity contribution in [3.05, 3.63) is 109 Å². The zero-order valence-electron chi connectivity index (χ0n) is 16.0. The lowest BCUT2D eigenvalue weighted by Gasteiger charge is -2.21. The molecule has 5 aromatic rings. The Morgan fingerprint density at radius 1 is 0.667 bits per heavy atom. The summed E-state index contributed by atoms with van der Waals surface area (Å²) < 4.78 is 21.8. The first-order valence-corrected chi connectivity index (χ1v) is 12.0. The molecule has 0 fully saturated rings. The first kappa shape index (κ1) is 18.8. The van der Waals surface area contributed by atoms with Crippen LogP contribution in [0, 0.1) is 0 Å². The van der Waals surface area contributed by atoms with Crippen LogP contribution in [0.25, 0.3) is 20.8 Å². The molecule has 0 radical (unpaired) electrons. The predicted molar refractivity (Wildman–Crippen MR) is 125 cm³/mol. The maximum atomic E-state index is 14.3. The molecule has 5 rings (SSSR count). The molecule has 0 amide bonds. The van der Waals surface area contributed by atoms with E-state index in [-0.39, 0.29) is 0 Å². The second kappa shape index (κ2) is 7.91. The van der Waals surface area contributed by atoms with Crippen molar-refractivity contribution in [3.63, 3.8) is 0 Å². The van der Waals surface area contributed by atoms with Gasteiger partial charge in [-0.2, -0.15) is 0 Å². The van der Waals surface area contributed by atoms with Crippen LogP contribution in [-0.2, 0) is 4.57 Å². The van der Waals surface area contributed by atoms with E-state index >= 15 is 0 Å². The first-order chi connectivity index (χ1) is 14.7. The molecule has 4 aromatic carbocycles. The Bertz CT molecular complexity index is 1270. The molecule has 0 aliphatic heterocycles. The molecule has 146 valence electrons. The average molecular weight is 427 g/mol. The first-order valence-electron chi connectivity index (χ1n) is 9.60. The molecule has 0 unspecified atom stereocenters. The molecule has 3 nitrogen and oxygen atoms in total. The van der Waals surface area contributed by atoms with Crippen LogP contribution in [0.1, 0.15) is 0 Å². The number of fused-ring (bicyclic) bond motifs is 1. The molecular weight excluding hydrogens is 409 g/mol. The predicted octanol–water partition coefficient (Wildman–Crippen LogP) is 6.27. The quantitative estimate of drug-likeness (QED) is 0.310. The third-order valence-electron chi connectivity index (χ3n) is 4.83. The SMILES string of the molecule is O=P(Oc1ccccc1-c1nc2ccccc2s1)(c1ccccc1)c1ccccc1. The van der Waals surface area contributed by atoms with Crippen molar-refractivity contribution in [2.24, 2.45) is 0 Å². The fourth-order valence-corrected chi connectivity index (χ4v) is 6.42. The highest BCUT2D eigenvalue weighted by Crippen LogP contribution is 2.48. The Balaban J connectivity index is 1.64. The van der Waals surface area contributed by atoms with Crippen molar-refractivity contribution in [2.45, 2.75) is 0 Å². The zero-order chi connectivity index (χ0) is 20.4. The van der Waals surface area contributed by atoms with Gasteiger partial charge in [0.25, 0.3) is 0 Å². The summed E-state index contributed by atoms with van der Waals surface area (Å²) in [5, 5.41) is 2.17. The van der Waals surface area contributed by atoms with Crippen molar-refractivity contribution in [1.29, 1.82) is 0 Å². The Morgan fingerprint density at radius 2 is 1.23 bits per heavy atom. The van der Waals surface area contributed by atoms with Gasteiger partial charge in [0, 0.05) is 0 Å². The lowest BCUT2D eigenvalue weighted by Crippen LogP contribution is -2.20. The molecule has 1 aromatic heterocycles. The summed E-state index contributed by atoms with van der Waals surface area (Å²) in [6.07, 6.45) is 0. The number of nitrogens with zero attached hydrogens (tertiary/aromatic N) is 1. The fourth-order valence-electron chi connectivity index (χ4n) is 3.35. The van der Waals surface area contributed by atoms with Gasteiger partial charge in [0.2, 0.25) is 0 Å². The highest BCUT2D eigenvalue weighted by atomic mass is 32.1. The second-order valence-corrected chi connectivity index (χ2v) is 10.1. The van der Waals surface area contributed by atoms with Crippen LogP contribution in [0.2, 0.25) is 0 Å². The Kier molecular flexibility index (Phi) is 4.96. The van der Waals surface area contributed by atoms with Crippen molar-refractivity contribution >= 4 is 39.5 Å². The molecule has 0 bridgehead atoms. The van der Waals surface area contributed by atoms with Crippen LogP contribution < -0.4 is 15.1 Å². The molecule has 1 heterocycles. The molecular formula is C25H18NO2PS. The van der Waals surface area contributed by atoms with E-state index in [9.17, 15) is 4.57 Å². The van der Waals surface area contributed by atoms with Gasteiger partial charge in [0.15, 0.2) is 0 Å². The Labute approximate surface area is 179 Å². The summed E-state index contributed by atoms with van der Waals surface area (Å²) in [5.74, 6) is 0.563. The summed E-state index contributed by atoms with van der Waals surface area (Å²) in [5.41, 5.74) is 1.78. The molecule has 0 N–H and O–H groups in total. The van der Waals surface area contributed by atoms with Crippen molar-refractivity contribution in [3.8, 4) is 16.3 Å². The second-order valence-electron chi connectivity index (χ2n) is 6.80. The van der Waals surface area contributed by atoms with E-state index in [1.54, 1.807) is 11.3 Å². The minimum atomic E-state index is -3.35. The molecule has 0 aliphatic carbocycles. The highest BCUT2D eigenvalue weighted by Gasteiger charge is 2.31. The Hall–Kier alpha value is -3.20. The number of thiazole rings is 1. The lowest BCUT2D eigenvalue weighted by molar-refractivity contribution is 0.503. The normalized spacial score (nSPS) is 11.5. The minimum Gasteiger partial charge on any atom is -0.436 e. The van der Waals surface area contributed by atoms with Crippen LogP contribution >= 0.6 is 18.7 Å². The zero-order valence-corrected chi connectivity index (χ0v) is 17.7. The van der Waals surface area contributed by atoms with Gasteiger partial charge >= 0.3 is 7.37 Å². The van der Waals surface area contributed by atoms with Gasteiger partial charge < -0.3 is 4.52 Å². The summed E-state index contributed by atoms with van der Waals surface area (Å²) in [4.78, 5) is 4.77. The molecule has 30 heavy (non-hydrogen) atoms. The van der Waals surface area contributed by atoms with E-state index in [0.29, 0.717) is 16.4 Å². The number of hydrogen-bond acceptors (Lipinski definition) is 4. The molecule has 5 heteroatoms. The molecule has 0 saturated heterocycles. The topological polar surface area (TPSA) is 39.2 Å². The molecule has 0 aliphatic rings. The molecule has 0 atom stereocenters. The van der Waals surface area contributed by atoms with Crippen LogP contribution in [0.4, 0.5) is 0 Å². The Morgan fingerprint density at radius 3 is 1.90 bits per heavy atom. The van der Waals surface area contributed by atoms with Gasteiger partial charge in [0.05, 0.1) is 26.4 Å². The summed E-state index contributed by atoms with van der Waals surface area (Å²) in [7, 11) is -3.35. The van der Waals surface area contributed by atoms with Crippen molar-refractivity contribution in [1.82, 2.24) is 4.98 Å². The van der Waals surface area contributed by atoms with E-state index in [1.807, 2.05) is 103 Å². The fraction of sp³-hybridized carbons (Fsp3) is 0. The van der Waals surface area contributed by atoms with Crippen LogP contribution in [-0.4, -0.2) is 4.98 Å². The maximum Gasteiger partial charge on any atom is 0.306 e. The van der Waals surface area contributed by atoms with Crippen molar-refractivity contribution in [2.75, 3.05) is 0 Å². The molecule has 0 spiro atoms. The van der Waals surface area contributed by atoms with Crippen molar-refractivity contribution < 1.29 is 9.09 Å². The minimum absolute atomic E-state index is 0.563.